The van der Waals surface area contributed by atoms with Gasteiger partial charge in [0.2, 0.25) is 5.95 Å². The van der Waals surface area contributed by atoms with Crippen LogP contribution in [0.5, 0.6) is 0 Å². The predicted octanol–water partition coefficient (Wildman–Crippen LogP) is 3.97. The van der Waals surface area contributed by atoms with Crippen LogP contribution in [0.2, 0.25) is 0 Å². The highest BCUT2D eigenvalue weighted by molar-refractivity contribution is 5.65. The first-order chi connectivity index (χ1) is 9.60. The first-order valence-corrected chi connectivity index (χ1v) is 7.03. The molecular formula is C16H22N4. The maximum absolute atomic E-state index is 4.52. The average molecular weight is 270 g/mol. The van der Waals surface area contributed by atoms with Crippen LogP contribution in [0.3, 0.4) is 0 Å². The molecule has 2 N–H and O–H groups in total. The van der Waals surface area contributed by atoms with E-state index in [0.29, 0.717) is 5.95 Å². The number of nitrogens with one attached hydrogen (secondary N) is 2. The highest BCUT2D eigenvalue weighted by Crippen LogP contribution is 2.24. The van der Waals surface area contributed by atoms with E-state index in [-0.39, 0.29) is 0 Å². The summed E-state index contributed by atoms with van der Waals surface area (Å²) in [5.74, 6) is 1.51. The number of rotatable bonds is 5. The van der Waals surface area contributed by atoms with E-state index in [1.54, 1.807) is 0 Å². The largest absolute Gasteiger partial charge is 0.354 e. The van der Waals surface area contributed by atoms with Gasteiger partial charge in [-0.1, -0.05) is 25.1 Å². The van der Waals surface area contributed by atoms with Gasteiger partial charge in [-0.15, -0.1) is 0 Å². The zero-order valence-corrected chi connectivity index (χ0v) is 12.6. The van der Waals surface area contributed by atoms with Crippen LogP contribution in [0.15, 0.2) is 24.3 Å². The van der Waals surface area contributed by atoms with Crippen LogP contribution < -0.4 is 10.6 Å². The van der Waals surface area contributed by atoms with E-state index in [2.05, 4.69) is 59.6 Å². The second-order valence-corrected chi connectivity index (χ2v) is 5.04. The fourth-order valence-corrected chi connectivity index (χ4v) is 2.09. The predicted molar refractivity (Wildman–Crippen MR) is 84.7 cm³/mol. The number of hydrogen-bond donors (Lipinski definition) is 2. The van der Waals surface area contributed by atoms with Gasteiger partial charge >= 0.3 is 0 Å². The molecule has 0 aliphatic rings. The minimum atomic E-state index is 0.681. The number of anilines is 3. The molecule has 4 heteroatoms. The molecule has 0 spiro atoms. The molecule has 0 bridgehead atoms. The molecule has 1 aromatic heterocycles. The lowest BCUT2D eigenvalue weighted by Crippen LogP contribution is -2.07. The van der Waals surface area contributed by atoms with E-state index >= 15 is 0 Å². The van der Waals surface area contributed by atoms with Gasteiger partial charge in [0.25, 0.3) is 0 Å². The van der Waals surface area contributed by atoms with Gasteiger partial charge in [-0.05, 0) is 38.3 Å². The molecule has 0 aliphatic heterocycles. The monoisotopic (exact) mass is 270 g/mol. The summed E-state index contributed by atoms with van der Waals surface area (Å²) >= 11 is 0. The maximum Gasteiger partial charge on any atom is 0.224 e. The molecule has 20 heavy (non-hydrogen) atoms. The molecule has 0 saturated heterocycles. The molecule has 0 saturated carbocycles. The molecule has 2 aromatic rings. The Hall–Kier alpha value is -2.10. The van der Waals surface area contributed by atoms with Gasteiger partial charge in [0.05, 0.1) is 0 Å². The molecule has 0 fully saturated rings. The molecule has 0 radical (unpaired) electrons. The fourth-order valence-electron chi connectivity index (χ4n) is 2.09. The summed E-state index contributed by atoms with van der Waals surface area (Å²) in [6.45, 7) is 9.18. The SMILES string of the molecule is CCCNc1nc(C)cc(Nc2c(C)cccc2C)n1. The Morgan fingerprint density at radius 1 is 1.05 bits per heavy atom. The van der Waals surface area contributed by atoms with Gasteiger partial charge in [-0.2, -0.15) is 4.98 Å². The Morgan fingerprint density at radius 2 is 1.75 bits per heavy atom. The Kier molecular flexibility index (Phi) is 4.56. The molecule has 2 rings (SSSR count). The number of aryl methyl sites for hydroxylation is 3. The number of hydrogen-bond acceptors (Lipinski definition) is 4. The molecule has 0 amide bonds. The topological polar surface area (TPSA) is 49.8 Å². The minimum Gasteiger partial charge on any atom is -0.354 e. The van der Waals surface area contributed by atoms with E-state index in [1.807, 2.05) is 13.0 Å². The summed E-state index contributed by atoms with van der Waals surface area (Å²) in [4.78, 5) is 8.91. The van der Waals surface area contributed by atoms with Crippen LogP contribution in [0.4, 0.5) is 17.5 Å². The molecule has 0 atom stereocenters. The average Bonchev–Trinajstić information content (AvgIpc) is 2.40. The van der Waals surface area contributed by atoms with Crippen LogP contribution in [0, 0.1) is 20.8 Å². The van der Waals surface area contributed by atoms with Crippen molar-refractivity contribution in [3.63, 3.8) is 0 Å². The normalized spacial score (nSPS) is 10.4. The third kappa shape index (κ3) is 3.47. The van der Waals surface area contributed by atoms with E-state index in [1.165, 1.54) is 11.1 Å². The standard InChI is InChI=1S/C16H22N4/c1-5-9-17-16-18-13(4)10-14(20-16)19-15-11(2)7-6-8-12(15)3/h6-8,10H,5,9H2,1-4H3,(H2,17,18,19,20). The van der Waals surface area contributed by atoms with Crippen molar-refractivity contribution in [2.45, 2.75) is 34.1 Å². The van der Waals surface area contributed by atoms with Gasteiger partial charge < -0.3 is 10.6 Å². The summed E-state index contributed by atoms with van der Waals surface area (Å²) in [6, 6.07) is 8.22. The Morgan fingerprint density at radius 3 is 2.40 bits per heavy atom. The first kappa shape index (κ1) is 14.3. The molecule has 1 heterocycles. The summed E-state index contributed by atoms with van der Waals surface area (Å²) < 4.78 is 0. The van der Waals surface area contributed by atoms with Crippen molar-refractivity contribution in [2.75, 3.05) is 17.2 Å². The zero-order chi connectivity index (χ0) is 14.5. The second kappa shape index (κ2) is 6.37. The van der Waals surface area contributed by atoms with Gasteiger partial charge in [0, 0.05) is 24.0 Å². The molecule has 0 unspecified atom stereocenters. The fraction of sp³-hybridized carbons (Fsp3) is 0.375. The van der Waals surface area contributed by atoms with Crippen molar-refractivity contribution in [2.24, 2.45) is 0 Å². The van der Waals surface area contributed by atoms with Crippen molar-refractivity contribution in [3.05, 3.63) is 41.1 Å². The first-order valence-electron chi connectivity index (χ1n) is 7.03. The molecule has 106 valence electrons. The minimum absolute atomic E-state index is 0.681. The summed E-state index contributed by atoms with van der Waals surface area (Å²) in [5.41, 5.74) is 4.49. The van der Waals surface area contributed by atoms with E-state index in [0.717, 1.165) is 30.2 Å². The van der Waals surface area contributed by atoms with E-state index < -0.39 is 0 Å². The van der Waals surface area contributed by atoms with Crippen LogP contribution >= 0.6 is 0 Å². The third-order valence-electron chi connectivity index (χ3n) is 3.12. The summed E-state index contributed by atoms with van der Waals surface area (Å²) in [5, 5.41) is 6.64. The number of aromatic nitrogens is 2. The Balaban J connectivity index is 2.27. The number of benzene rings is 1. The van der Waals surface area contributed by atoms with Gasteiger partial charge in [0.1, 0.15) is 5.82 Å². The van der Waals surface area contributed by atoms with Crippen molar-refractivity contribution < 1.29 is 0 Å². The van der Waals surface area contributed by atoms with Crippen LogP contribution in [-0.4, -0.2) is 16.5 Å². The zero-order valence-electron chi connectivity index (χ0n) is 12.6. The second-order valence-electron chi connectivity index (χ2n) is 5.04. The highest BCUT2D eigenvalue weighted by Gasteiger charge is 2.06. The van der Waals surface area contributed by atoms with Gasteiger partial charge in [-0.3, -0.25) is 0 Å². The van der Waals surface area contributed by atoms with Crippen molar-refractivity contribution in [1.29, 1.82) is 0 Å². The molecule has 4 nitrogen and oxygen atoms in total. The third-order valence-corrected chi connectivity index (χ3v) is 3.12. The smallest absolute Gasteiger partial charge is 0.224 e. The van der Waals surface area contributed by atoms with Crippen molar-refractivity contribution in [3.8, 4) is 0 Å². The lowest BCUT2D eigenvalue weighted by atomic mass is 10.1. The van der Waals surface area contributed by atoms with Crippen LogP contribution in [0.25, 0.3) is 0 Å². The molecule has 0 aliphatic carbocycles. The van der Waals surface area contributed by atoms with E-state index in [9.17, 15) is 0 Å². The van der Waals surface area contributed by atoms with E-state index in [4.69, 9.17) is 0 Å². The lowest BCUT2D eigenvalue weighted by Gasteiger charge is -2.13. The number of nitrogens with zero attached hydrogens (tertiary/aromatic N) is 2. The highest BCUT2D eigenvalue weighted by atomic mass is 15.1. The van der Waals surface area contributed by atoms with Gasteiger partial charge in [-0.25, -0.2) is 4.98 Å². The lowest BCUT2D eigenvalue weighted by molar-refractivity contribution is 0.947. The van der Waals surface area contributed by atoms with Gasteiger partial charge in [0.15, 0.2) is 0 Å². The Bertz CT molecular complexity index is 573. The van der Waals surface area contributed by atoms with Crippen LogP contribution in [0.1, 0.15) is 30.2 Å². The maximum atomic E-state index is 4.52. The van der Waals surface area contributed by atoms with Crippen LogP contribution in [-0.2, 0) is 0 Å². The summed E-state index contributed by atoms with van der Waals surface area (Å²) in [7, 11) is 0. The molecule has 1 aromatic carbocycles. The number of para-hydroxylation sites is 1. The summed E-state index contributed by atoms with van der Waals surface area (Å²) in [6.07, 6.45) is 1.05. The Labute approximate surface area is 120 Å². The molecular weight excluding hydrogens is 248 g/mol. The van der Waals surface area contributed by atoms with Crippen molar-refractivity contribution >= 4 is 17.5 Å². The van der Waals surface area contributed by atoms with Crippen molar-refractivity contribution in [1.82, 2.24) is 9.97 Å². The quantitative estimate of drug-likeness (QED) is 0.863.